The molecule has 0 aromatic heterocycles. The normalized spacial score (nSPS) is 28.5. The molecule has 0 saturated carbocycles. The van der Waals surface area contributed by atoms with Crippen LogP contribution >= 0.6 is 0 Å². The molecular formula is C7H16O. The summed E-state index contributed by atoms with van der Waals surface area (Å²) in [7, 11) is 0. The summed E-state index contributed by atoms with van der Waals surface area (Å²) >= 11 is 0. The zero-order valence-corrected chi connectivity index (χ0v) is 5.41. The van der Waals surface area contributed by atoms with E-state index in [1.165, 1.54) is 0 Å². The van der Waals surface area contributed by atoms with E-state index in [0.717, 1.165) is 0 Å². The Hall–Kier alpha value is -0.0400. The number of epoxide rings is 1. The number of rotatable bonds is 0. The van der Waals surface area contributed by atoms with Crippen LogP contribution in [0.5, 0.6) is 0 Å². The van der Waals surface area contributed by atoms with Gasteiger partial charge in [0, 0.05) is 0 Å². The first-order valence-electron chi connectivity index (χ1n) is 2.66. The largest absolute Gasteiger partial charge is 0.364 e. The first-order valence-corrected chi connectivity index (χ1v) is 2.66. The third-order valence-corrected chi connectivity index (χ3v) is 1.92. The van der Waals surface area contributed by atoms with E-state index in [2.05, 4.69) is 27.7 Å². The van der Waals surface area contributed by atoms with E-state index >= 15 is 0 Å². The maximum atomic E-state index is 5.29. The Labute approximate surface area is 52.0 Å². The SMILES string of the molecule is C.CC1(C)OC1(C)C. The van der Waals surface area contributed by atoms with Gasteiger partial charge in [-0.2, -0.15) is 0 Å². The summed E-state index contributed by atoms with van der Waals surface area (Å²) in [5.41, 5.74) is 0.292. The highest BCUT2D eigenvalue weighted by Gasteiger charge is 2.55. The maximum absolute atomic E-state index is 5.29. The smallest absolute Gasteiger partial charge is 0.0918 e. The second-order valence-electron chi connectivity index (χ2n) is 3.12. The lowest BCUT2D eigenvalue weighted by Gasteiger charge is -1.95. The lowest BCUT2D eigenvalue weighted by atomic mass is 10.0. The molecule has 0 spiro atoms. The molecule has 1 rings (SSSR count). The van der Waals surface area contributed by atoms with Gasteiger partial charge in [0.1, 0.15) is 0 Å². The van der Waals surface area contributed by atoms with Crippen molar-refractivity contribution in [3.05, 3.63) is 0 Å². The number of ether oxygens (including phenoxy) is 1. The van der Waals surface area contributed by atoms with Gasteiger partial charge in [-0.1, -0.05) is 7.43 Å². The van der Waals surface area contributed by atoms with E-state index in [1.807, 2.05) is 0 Å². The van der Waals surface area contributed by atoms with Crippen molar-refractivity contribution in [1.82, 2.24) is 0 Å². The summed E-state index contributed by atoms with van der Waals surface area (Å²) in [5, 5.41) is 0. The molecule has 0 aromatic carbocycles. The summed E-state index contributed by atoms with van der Waals surface area (Å²) in [6.07, 6.45) is 0. The molecule has 0 radical (unpaired) electrons. The molecule has 0 bridgehead atoms. The molecule has 0 amide bonds. The summed E-state index contributed by atoms with van der Waals surface area (Å²) in [6, 6.07) is 0. The Bertz CT molecular complexity index is 80.6. The van der Waals surface area contributed by atoms with Gasteiger partial charge in [0.05, 0.1) is 11.2 Å². The van der Waals surface area contributed by atoms with E-state index in [0.29, 0.717) is 0 Å². The highest BCUT2D eigenvalue weighted by atomic mass is 16.6. The molecule has 0 aromatic rings. The first kappa shape index (κ1) is 7.96. The Morgan fingerprint density at radius 3 is 1.00 bits per heavy atom. The summed E-state index contributed by atoms with van der Waals surface area (Å²) in [5.74, 6) is 0. The highest BCUT2D eigenvalue weighted by Crippen LogP contribution is 2.46. The van der Waals surface area contributed by atoms with Crippen LogP contribution in [0.3, 0.4) is 0 Å². The van der Waals surface area contributed by atoms with Crippen LogP contribution < -0.4 is 0 Å². The molecule has 0 atom stereocenters. The molecular weight excluding hydrogens is 100 g/mol. The van der Waals surface area contributed by atoms with E-state index < -0.39 is 0 Å². The standard InChI is InChI=1S/C6H12O.CH4/c1-5(2)6(3,4)7-5;/h1-4H3;1H4. The first-order chi connectivity index (χ1) is 2.96. The molecule has 50 valence electrons. The Morgan fingerprint density at radius 2 is 1.00 bits per heavy atom. The van der Waals surface area contributed by atoms with Crippen molar-refractivity contribution in [2.75, 3.05) is 0 Å². The van der Waals surface area contributed by atoms with Crippen LogP contribution in [-0.2, 0) is 4.74 Å². The third-order valence-electron chi connectivity index (χ3n) is 1.92. The van der Waals surface area contributed by atoms with Gasteiger partial charge < -0.3 is 4.74 Å². The fraction of sp³-hybridized carbons (Fsp3) is 1.00. The topological polar surface area (TPSA) is 12.5 Å². The molecule has 0 aliphatic carbocycles. The van der Waals surface area contributed by atoms with Crippen molar-refractivity contribution in [1.29, 1.82) is 0 Å². The lowest BCUT2D eigenvalue weighted by molar-refractivity contribution is 0.296. The third kappa shape index (κ3) is 0.873. The van der Waals surface area contributed by atoms with Gasteiger partial charge in [0.15, 0.2) is 0 Å². The molecule has 0 unspecified atom stereocenters. The predicted molar refractivity (Wildman–Crippen MR) is 36.0 cm³/mol. The van der Waals surface area contributed by atoms with Gasteiger partial charge >= 0.3 is 0 Å². The van der Waals surface area contributed by atoms with Crippen molar-refractivity contribution >= 4 is 0 Å². The Morgan fingerprint density at radius 1 is 0.875 bits per heavy atom. The second kappa shape index (κ2) is 1.47. The molecule has 0 N–H and O–H groups in total. The van der Waals surface area contributed by atoms with Crippen molar-refractivity contribution in [3.63, 3.8) is 0 Å². The van der Waals surface area contributed by atoms with Crippen LogP contribution in [0.4, 0.5) is 0 Å². The average Bonchev–Trinajstić information content (AvgIpc) is 1.63. The van der Waals surface area contributed by atoms with Gasteiger partial charge in [-0.15, -0.1) is 0 Å². The maximum Gasteiger partial charge on any atom is 0.0918 e. The van der Waals surface area contributed by atoms with Gasteiger partial charge in [-0.3, -0.25) is 0 Å². The molecule has 8 heavy (non-hydrogen) atoms. The molecule has 1 nitrogen and oxygen atoms in total. The van der Waals surface area contributed by atoms with E-state index in [1.54, 1.807) is 0 Å². The quantitative estimate of drug-likeness (QED) is 0.442. The van der Waals surface area contributed by atoms with Gasteiger partial charge in [0.25, 0.3) is 0 Å². The summed E-state index contributed by atoms with van der Waals surface area (Å²) in [4.78, 5) is 0. The Balaban J connectivity index is 0.000000490. The number of hydrogen-bond acceptors (Lipinski definition) is 1. The van der Waals surface area contributed by atoms with E-state index in [4.69, 9.17) is 4.74 Å². The second-order valence-corrected chi connectivity index (χ2v) is 3.12. The van der Waals surface area contributed by atoms with Crippen molar-refractivity contribution in [2.45, 2.75) is 46.3 Å². The van der Waals surface area contributed by atoms with E-state index in [-0.39, 0.29) is 18.6 Å². The van der Waals surface area contributed by atoms with Gasteiger partial charge in [0.2, 0.25) is 0 Å². The monoisotopic (exact) mass is 116 g/mol. The zero-order chi connectivity index (χ0) is 5.71. The predicted octanol–water partition coefficient (Wildman–Crippen LogP) is 2.21. The van der Waals surface area contributed by atoms with Crippen LogP contribution in [0, 0.1) is 0 Å². The van der Waals surface area contributed by atoms with Crippen molar-refractivity contribution in [3.8, 4) is 0 Å². The lowest BCUT2D eigenvalue weighted by Crippen LogP contribution is -2.10. The zero-order valence-electron chi connectivity index (χ0n) is 5.41. The number of hydrogen-bond donors (Lipinski definition) is 0. The van der Waals surface area contributed by atoms with Crippen LogP contribution in [0.1, 0.15) is 35.1 Å². The molecule has 1 saturated heterocycles. The average molecular weight is 116 g/mol. The minimum Gasteiger partial charge on any atom is -0.364 e. The fourth-order valence-electron chi connectivity index (χ4n) is 0.612. The van der Waals surface area contributed by atoms with Gasteiger partial charge in [-0.05, 0) is 27.7 Å². The minimum absolute atomic E-state index is 0. The minimum atomic E-state index is 0. The summed E-state index contributed by atoms with van der Waals surface area (Å²) < 4.78 is 5.29. The fourth-order valence-corrected chi connectivity index (χ4v) is 0.612. The molecule has 1 fully saturated rings. The molecule has 1 heteroatoms. The van der Waals surface area contributed by atoms with Crippen LogP contribution in [0.15, 0.2) is 0 Å². The highest BCUT2D eigenvalue weighted by molar-refractivity contribution is 5.03. The molecule has 1 aliphatic rings. The van der Waals surface area contributed by atoms with Crippen LogP contribution in [0.2, 0.25) is 0 Å². The Kier molecular flexibility index (Phi) is 1.46. The van der Waals surface area contributed by atoms with Crippen molar-refractivity contribution < 1.29 is 4.74 Å². The molecule has 1 aliphatic heterocycles. The van der Waals surface area contributed by atoms with Crippen LogP contribution in [-0.4, -0.2) is 11.2 Å². The van der Waals surface area contributed by atoms with Gasteiger partial charge in [-0.25, -0.2) is 0 Å². The van der Waals surface area contributed by atoms with E-state index in [9.17, 15) is 0 Å². The van der Waals surface area contributed by atoms with Crippen LogP contribution in [0.25, 0.3) is 0 Å². The summed E-state index contributed by atoms with van der Waals surface area (Å²) in [6.45, 7) is 8.42. The molecule has 1 heterocycles. The van der Waals surface area contributed by atoms with Crippen molar-refractivity contribution in [2.24, 2.45) is 0 Å².